The second-order valence-corrected chi connectivity index (χ2v) is 7.30. The summed E-state index contributed by atoms with van der Waals surface area (Å²) in [5.41, 5.74) is 1.98. The quantitative estimate of drug-likeness (QED) is 0.928. The van der Waals surface area contributed by atoms with Gasteiger partial charge in [-0.25, -0.2) is 4.98 Å². The molecule has 1 saturated heterocycles. The minimum Gasteiger partial charge on any atom is -0.392 e. The van der Waals surface area contributed by atoms with Crippen molar-refractivity contribution in [1.82, 2.24) is 9.88 Å². The van der Waals surface area contributed by atoms with E-state index in [9.17, 15) is 5.11 Å². The van der Waals surface area contributed by atoms with Crippen LogP contribution in [0.4, 0.5) is 5.82 Å². The SMILES string of the molecule is CN1CCCC(N(C)c2cc(CO)cc(C(C)(C)C)n2)C1. The Morgan fingerprint density at radius 2 is 2.10 bits per heavy atom. The number of rotatable bonds is 3. The molecule has 1 aromatic rings. The molecule has 1 atom stereocenters. The molecule has 0 saturated carbocycles. The van der Waals surface area contributed by atoms with Gasteiger partial charge in [0.05, 0.1) is 6.61 Å². The van der Waals surface area contributed by atoms with E-state index >= 15 is 0 Å². The standard InChI is InChI=1S/C17H29N3O/c1-17(2,3)15-9-13(12-21)10-16(18-15)20(5)14-7-6-8-19(4)11-14/h9-10,14,21H,6-8,11-12H2,1-5H3. The molecular formula is C17H29N3O. The molecule has 1 fully saturated rings. The average Bonchev–Trinajstić information content (AvgIpc) is 2.45. The number of likely N-dealkylation sites (tertiary alicyclic amines) is 1. The maximum atomic E-state index is 9.53. The number of likely N-dealkylation sites (N-methyl/N-ethyl adjacent to an activating group) is 2. The molecule has 4 nitrogen and oxygen atoms in total. The third kappa shape index (κ3) is 3.95. The largest absolute Gasteiger partial charge is 0.392 e. The van der Waals surface area contributed by atoms with Gasteiger partial charge in [0.25, 0.3) is 0 Å². The summed E-state index contributed by atoms with van der Waals surface area (Å²) in [6.45, 7) is 8.81. The highest BCUT2D eigenvalue weighted by Gasteiger charge is 2.24. The first kappa shape index (κ1) is 16.2. The molecule has 118 valence electrons. The molecule has 4 heteroatoms. The fourth-order valence-corrected chi connectivity index (χ4v) is 2.87. The molecule has 1 N–H and O–H groups in total. The Morgan fingerprint density at radius 3 is 2.67 bits per heavy atom. The number of aromatic nitrogens is 1. The zero-order valence-electron chi connectivity index (χ0n) is 14.1. The van der Waals surface area contributed by atoms with E-state index in [4.69, 9.17) is 4.98 Å². The number of aliphatic hydroxyl groups excluding tert-OH is 1. The summed E-state index contributed by atoms with van der Waals surface area (Å²) in [5, 5.41) is 9.53. The molecule has 1 unspecified atom stereocenters. The first-order valence-electron chi connectivity index (χ1n) is 7.85. The van der Waals surface area contributed by atoms with Gasteiger partial charge in [0.1, 0.15) is 5.82 Å². The van der Waals surface area contributed by atoms with Gasteiger partial charge in [-0.15, -0.1) is 0 Å². The summed E-state index contributed by atoms with van der Waals surface area (Å²) in [4.78, 5) is 9.51. The predicted octanol–water partition coefficient (Wildman–Crippen LogP) is 2.40. The van der Waals surface area contributed by atoms with Crippen molar-refractivity contribution < 1.29 is 5.11 Å². The van der Waals surface area contributed by atoms with E-state index in [0.717, 1.165) is 23.6 Å². The van der Waals surface area contributed by atoms with Gasteiger partial charge < -0.3 is 14.9 Å². The van der Waals surface area contributed by atoms with Crippen LogP contribution in [0.25, 0.3) is 0 Å². The second-order valence-electron chi connectivity index (χ2n) is 7.30. The fourth-order valence-electron chi connectivity index (χ4n) is 2.87. The minimum absolute atomic E-state index is 0.00980. The number of piperidine rings is 1. The molecule has 0 radical (unpaired) electrons. The van der Waals surface area contributed by atoms with Crippen LogP contribution in [0.5, 0.6) is 0 Å². The van der Waals surface area contributed by atoms with Crippen LogP contribution in [0.15, 0.2) is 12.1 Å². The summed E-state index contributed by atoms with van der Waals surface area (Å²) < 4.78 is 0. The smallest absolute Gasteiger partial charge is 0.129 e. The van der Waals surface area contributed by atoms with Gasteiger partial charge in [0, 0.05) is 30.7 Å². The zero-order chi connectivity index (χ0) is 15.6. The molecular weight excluding hydrogens is 262 g/mol. The third-order valence-electron chi connectivity index (χ3n) is 4.33. The molecule has 1 aliphatic heterocycles. The Hall–Kier alpha value is -1.13. The highest BCUT2D eigenvalue weighted by Crippen LogP contribution is 2.26. The highest BCUT2D eigenvalue weighted by molar-refractivity contribution is 5.44. The van der Waals surface area contributed by atoms with Crippen LogP contribution in [0.1, 0.15) is 44.9 Å². The first-order valence-corrected chi connectivity index (χ1v) is 7.85. The topological polar surface area (TPSA) is 39.6 Å². The maximum absolute atomic E-state index is 9.53. The molecule has 0 amide bonds. The lowest BCUT2D eigenvalue weighted by Gasteiger charge is -2.37. The van der Waals surface area contributed by atoms with Crippen molar-refractivity contribution in [3.63, 3.8) is 0 Å². The van der Waals surface area contributed by atoms with E-state index in [1.165, 1.54) is 19.4 Å². The van der Waals surface area contributed by atoms with E-state index in [-0.39, 0.29) is 12.0 Å². The minimum atomic E-state index is -0.00980. The highest BCUT2D eigenvalue weighted by atomic mass is 16.3. The van der Waals surface area contributed by atoms with Gasteiger partial charge in [0.2, 0.25) is 0 Å². The Labute approximate surface area is 128 Å². The average molecular weight is 291 g/mol. The molecule has 0 bridgehead atoms. The van der Waals surface area contributed by atoms with E-state index in [1.54, 1.807) is 0 Å². The Kier molecular flexibility index (Phi) is 4.89. The van der Waals surface area contributed by atoms with Crippen LogP contribution in [0, 0.1) is 0 Å². The van der Waals surface area contributed by atoms with Crippen molar-refractivity contribution in [3.8, 4) is 0 Å². The molecule has 0 aromatic carbocycles. The lowest BCUT2D eigenvalue weighted by atomic mass is 9.90. The van der Waals surface area contributed by atoms with Crippen LogP contribution in [0.3, 0.4) is 0 Å². The molecule has 1 aliphatic rings. The Morgan fingerprint density at radius 1 is 1.38 bits per heavy atom. The number of aliphatic hydroxyl groups is 1. The zero-order valence-corrected chi connectivity index (χ0v) is 14.1. The van der Waals surface area contributed by atoms with Gasteiger partial charge >= 0.3 is 0 Å². The summed E-state index contributed by atoms with van der Waals surface area (Å²) in [6, 6.07) is 4.53. The summed E-state index contributed by atoms with van der Waals surface area (Å²) in [5.74, 6) is 0.978. The molecule has 0 spiro atoms. The van der Waals surface area contributed by atoms with Crippen LogP contribution in [-0.2, 0) is 12.0 Å². The number of hydrogen-bond donors (Lipinski definition) is 1. The van der Waals surface area contributed by atoms with Crippen LogP contribution in [-0.4, -0.2) is 48.2 Å². The van der Waals surface area contributed by atoms with E-state index in [1.807, 2.05) is 12.1 Å². The summed E-state index contributed by atoms with van der Waals surface area (Å²) in [6.07, 6.45) is 2.44. The van der Waals surface area contributed by atoms with Crippen molar-refractivity contribution >= 4 is 5.82 Å². The molecule has 1 aromatic heterocycles. The van der Waals surface area contributed by atoms with Crippen molar-refractivity contribution in [1.29, 1.82) is 0 Å². The number of anilines is 1. The van der Waals surface area contributed by atoms with Crippen molar-refractivity contribution in [3.05, 3.63) is 23.4 Å². The van der Waals surface area contributed by atoms with Crippen molar-refractivity contribution in [2.24, 2.45) is 0 Å². The number of pyridine rings is 1. The van der Waals surface area contributed by atoms with Gasteiger partial charge in [-0.3, -0.25) is 0 Å². The number of hydrogen-bond acceptors (Lipinski definition) is 4. The van der Waals surface area contributed by atoms with Crippen LogP contribution in [0.2, 0.25) is 0 Å². The van der Waals surface area contributed by atoms with Gasteiger partial charge in [-0.2, -0.15) is 0 Å². The van der Waals surface area contributed by atoms with Gasteiger partial charge in [-0.05, 0) is 44.1 Å². The Bertz CT molecular complexity index is 481. The monoisotopic (exact) mass is 291 g/mol. The fraction of sp³-hybridized carbons (Fsp3) is 0.706. The lowest BCUT2D eigenvalue weighted by Crippen LogP contribution is -2.45. The Balaban J connectivity index is 2.29. The van der Waals surface area contributed by atoms with E-state index in [2.05, 4.69) is 44.7 Å². The predicted molar refractivity (Wildman–Crippen MR) is 87.8 cm³/mol. The van der Waals surface area contributed by atoms with Crippen LogP contribution >= 0.6 is 0 Å². The van der Waals surface area contributed by atoms with Crippen LogP contribution < -0.4 is 4.90 Å². The lowest BCUT2D eigenvalue weighted by molar-refractivity contribution is 0.247. The van der Waals surface area contributed by atoms with Gasteiger partial charge in [-0.1, -0.05) is 20.8 Å². The molecule has 2 rings (SSSR count). The van der Waals surface area contributed by atoms with E-state index in [0.29, 0.717) is 6.04 Å². The van der Waals surface area contributed by atoms with Crippen molar-refractivity contribution in [2.45, 2.75) is 51.7 Å². The molecule has 2 heterocycles. The summed E-state index contributed by atoms with van der Waals surface area (Å²) in [7, 11) is 4.30. The van der Waals surface area contributed by atoms with E-state index < -0.39 is 0 Å². The number of nitrogens with zero attached hydrogens (tertiary/aromatic N) is 3. The maximum Gasteiger partial charge on any atom is 0.129 e. The molecule has 0 aliphatic carbocycles. The van der Waals surface area contributed by atoms with Crippen molar-refractivity contribution in [2.75, 3.05) is 32.1 Å². The first-order chi connectivity index (χ1) is 9.81. The molecule has 21 heavy (non-hydrogen) atoms. The second kappa shape index (κ2) is 6.32. The normalized spacial score (nSPS) is 20.6. The van der Waals surface area contributed by atoms with Gasteiger partial charge in [0.15, 0.2) is 0 Å². The summed E-state index contributed by atoms with van der Waals surface area (Å²) >= 11 is 0. The third-order valence-corrected chi connectivity index (χ3v) is 4.33.